The highest BCUT2D eigenvalue weighted by molar-refractivity contribution is 7.05. The molecule has 0 saturated carbocycles. The zero-order valence-corrected chi connectivity index (χ0v) is 8.13. The molecule has 0 unspecified atom stereocenters. The van der Waals surface area contributed by atoms with Crippen LogP contribution in [0.15, 0.2) is 0 Å². The summed E-state index contributed by atoms with van der Waals surface area (Å²) < 4.78 is 8.57. The lowest BCUT2D eigenvalue weighted by Crippen LogP contribution is -2.22. The lowest BCUT2D eigenvalue weighted by atomic mass is 9.91. The second-order valence-corrected chi connectivity index (χ2v) is 3.94. The van der Waals surface area contributed by atoms with Gasteiger partial charge in [0.15, 0.2) is 0 Å². The molecule has 1 aliphatic rings. The van der Waals surface area contributed by atoms with Gasteiger partial charge in [-0.1, -0.05) is 4.49 Å². The van der Waals surface area contributed by atoms with Crippen LogP contribution >= 0.6 is 11.5 Å². The van der Waals surface area contributed by atoms with Crippen molar-refractivity contribution in [3.05, 3.63) is 10.6 Å². The minimum atomic E-state index is -0.112. The number of rotatable bonds is 1. The first-order valence-electron chi connectivity index (χ1n) is 4.19. The molecule has 0 fully saturated rings. The van der Waals surface area contributed by atoms with E-state index in [-0.39, 0.29) is 11.9 Å². The van der Waals surface area contributed by atoms with Crippen molar-refractivity contribution < 1.29 is 9.53 Å². The molecule has 1 atom stereocenters. The Hall–Kier alpha value is -0.970. The number of nitrogens with zero attached hydrogens (tertiary/aromatic N) is 2. The fraction of sp³-hybridized carbons (Fsp3) is 0.625. The van der Waals surface area contributed by atoms with Crippen molar-refractivity contribution >= 4 is 17.5 Å². The van der Waals surface area contributed by atoms with E-state index in [0.717, 1.165) is 29.8 Å². The molecule has 2 rings (SSSR count). The molecule has 0 spiro atoms. The van der Waals surface area contributed by atoms with Gasteiger partial charge < -0.3 is 4.74 Å². The molecule has 13 heavy (non-hydrogen) atoms. The summed E-state index contributed by atoms with van der Waals surface area (Å²) in [5, 5.41) is 3.99. The van der Waals surface area contributed by atoms with Gasteiger partial charge in [-0.15, -0.1) is 5.10 Å². The molecular formula is C8H10N2O2S. The van der Waals surface area contributed by atoms with Gasteiger partial charge >= 0.3 is 5.97 Å². The number of ether oxygens (including phenoxy) is 1. The van der Waals surface area contributed by atoms with Gasteiger partial charge in [0.2, 0.25) is 0 Å². The second-order valence-electron chi connectivity index (χ2n) is 3.11. The van der Waals surface area contributed by atoms with Gasteiger partial charge in [0.05, 0.1) is 18.7 Å². The summed E-state index contributed by atoms with van der Waals surface area (Å²) in [6.07, 6.45) is 2.44. The summed E-state index contributed by atoms with van der Waals surface area (Å²) in [5.74, 6) is -0.0983. The monoisotopic (exact) mass is 198 g/mol. The Labute approximate surface area is 80.1 Å². The van der Waals surface area contributed by atoms with Crippen LogP contribution < -0.4 is 0 Å². The van der Waals surface area contributed by atoms with Crippen molar-refractivity contribution in [2.24, 2.45) is 5.92 Å². The third-order valence-electron chi connectivity index (χ3n) is 2.33. The Balaban J connectivity index is 2.13. The van der Waals surface area contributed by atoms with Crippen molar-refractivity contribution in [3.63, 3.8) is 0 Å². The summed E-state index contributed by atoms with van der Waals surface area (Å²) in [6, 6.07) is 0. The highest BCUT2D eigenvalue weighted by atomic mass is 32.1. The predicted molar refractivity (Wildman–Crippen MR) is 47.4 cm³/mol. The van der Waals surface area contributed by atoms with Crippen LogP contribution in [0.3, 0.4) is 0 Å². The fourth-order valence-corrected chi connectivity index (χ4v) is 2.34. The van der Waals surface area contributed by atoms with E-state index in [1.807, 2.05) is 0 Å². The maximum atomic E-state index is 11.2. The van der Waals surface area contributed by atoms with E-state index in [9.17, 15) is 4.79 Å². The average molecular weight is 198 g/mol. The van der Waals surface area contributed by atoms with Crippen LogP contribution in [-0.2, 0) is 22.4 Å². The first-order valence-corrected chi connectivity index (χ1v) is 4.96. The van der Waals surface area contributed by atoms with Crippen LogP contribution in [0.4, 0.5) is 0 Å². The zero-order chi connectivity index (χ0) is 9.26. The Morgan fingerprint density at radius 3 is 3.31 bits per heavy atom. The lowest BCUT2D eigenvalue weighted by molar-refractivity contribution is -0.145. The van der Waals surface area contributed by atoms with Gasteiger partial charge in [0.1, 0.15) is 0 Å². The maximum absolute atomic E-state index is 11.2. The molecule has 70 valence electrons. The molecule has 0 amide bonds. The number of esters is 1. The summed E-state index contributed by atoms with van der Waals surface area (Å²) in [5.41, 5.74) is 1.06. The van der Waals surface area contributed by atoms with Crippen molar-refractivity contribution in [2.75, 3.05) is 7.11 Å². The molecule has 0 bridgehead atoms. The van der Waals surface area contributed by atoms with Gasteiger partial charge in [-0.05, 0) is 30.8 Å². The first-order chi connectivity index (χ1) is 6.31. The van der Waals surface area contributed by atoms with Crippen LogP contribution in [-0.4, -0.2) is 22.7 Å². The second kappa shape index (κ2) is 3.41. The summed E-state index contributed by atoms with van der Waals surface area (Å²) in [7, 11) is 1.43. The summed E-state index contributed by atoms with van der Waals surface area (Å²) in [4.78, 5) is 12.4. The van der Waals surface area contributed by atoms with Crippen molar-refractivity contribution in [2.45, 2.75) is 19.3 Å². The van der Waals surface area contributed by atoms with Crippen molar-refractivity contribution in [1.29, 1.82) is 0 Å². The van der Waals surface area contributed by atoms with E-state index < -0.39 is 0 Å². The van der Waals surface area contributed by atoms with E-state index in [2.05, 4.69) is 9.59 Å². The summed E-state index contributed by atoms with van der Waals surface area (Å²) in [6.45, 7) is 0. The molecule has 1 aromatic rings. The van der Waals surface area contributed by atoms with E-state index >= 15 is 0 Å². The van der Waals surface area contributed by atoms with Gasteiger partial charge in [0.25, 0.3) is 0 Å². The first kappa shape index (κ1) is 8.62. The van der Waals surface area contributed by atoms with Crippen LogP contribution in [0.1, 0.15) is 17.0 Å². The number of fused-ring (bicyclic) bond motifs is 1. The van der Waals surface area contributed by atoms with Gasteiger partial charge in [-0.2, -0.15) is 0 Å². The number of carbonyl (C=O) groups excluding carboxylic acids is 1. The zero-order valence-electron chi connectivity index (χ0n) is 7.32. The molecule has 0 aromatic carbocycles. The minimum Gasteiger partial charge on any atom is -0.469 e. The largest absolute Gasteiger partial charge is 0.469 e. The van der Waals surface area contributed by atoms with Crippen LogP contribution in [0, 0.1) is 5.92 Å². The number of hydrogen-bond acceptors (Lipinski definition) is 5. The molecule has 0 saturated heterocycles. The average Bonchev–Trinajstić information content (AvgIpc) is 2.63. The number of aryl methyl sites for hydroxylation is 1. The van der Waals surface area contributed by atoms with Crippen molar-refractivity contribution in [1.82, 2.24) is 9.59 Å². The molecule has 0 aliphatic heterocycles. The Morgan fingerprint density at radius 2 is 2.54 bits per heavy atom. The van der Waals surface area contributed by atoms with Gasteiger partial charge in [-0.25, -0.2) is 0 Å². The SMILES string of the molecule is COC(=O)[C@@H]1CCc2nnsc2C1. The van der Waals surface area contributed by atoms with Gasteiger partial charge in [-0.3, -0.25) is 4.79 Å². The van der Waals surface area contributed by atoms with E-state index in [4.69, 9.17) is 4.74 Å². The maximum Gasteiger partial charge on any atom is 0.309 e. The molecule has 1 aliphatic carbocycles. The van der Waals surface area contributed by atoms with Crippen LogP contribution in [0.2, 0.25) is 0 Å². The molecule has 0 N–H and O–H groups in total. The van der Waals surface area contributed by atoms with Crippen LogP contribution in [0.25, 0.3) is 0 Å². The number of hydrogen-bond donors (Lipinski definition) is 0. The number of carbonyl (C=O) groups is 1. The quantitative estimate of drug-likeness (QED) is 0.627. The number of aromatic nitrogens is 2. The predicted octanol–water partition coefficient (Wildman–Crippen LogP) is 0.816. The molecule has 0 radical (unpaired) electrons. The Kier molecular flexibility index (Phi) is 2.26. The highest BCUT2D eigenvalue weighted by Crippen LogP contribution is 2.26. The molecular weight excluding hydrogens is 188 g/mol. The van der Waals surface area contributed by atoms with Crippen LogP contribution in [0.5, 0.6) is 0 Å². The normalized spacial score (nSPS) is 20.8. The smallest absolute Gasteiger partial charge is 0.309 e. The molecule has 1 heterocycles. The molecule has 4 nitrogen and oxygen atoms in total. The standard InChI is InChI=1S/C8H10N2O2S/c1-12-8(11)5-2-3-6-7(4-5)13-10-9-6/h5H,2-4H2,1H3/t5-/m1/s1. The highest BCUT2D eigenvalue weighted by Gasteiger charge is 2.27. The number of methoxy groups -OCH3 is 1. The van der Waals surface area contributed by atoms with E-state index in [0.29, 0.717) is 0 Å². The third-order valence-corrected chi connectivity index (χ3v) is 3.12. The summed E-state index contributed by atoms with van der Waals surface area (Å²) >= 11 is 1.39. The van der Waals surface area contributed by atoms with Gasteiger partial charge in [0, 0.05) is 4.88 Å². The van der Waals surface area contributed by atoms with E-state index in [1.54, 1.807) is 0 Å². The Bertz CT molecular complexity index is 324. The van der Waals surface area contributed by atoms with E-state index in [1.165, 1.54) is 18.6 Å². The minimum absolute atomic E-state index is 0.0137. The fourth-order valence-electron chi connectivity index (χ4n) is 1.58. The van der Waals surface area contributed by atoms with Crippen molar-refractivity contribution in [3.8, 4) is 0 Å². The Morgan fingerprint density at radius 1 is 1.69 bits per heavy atom. The lowest BCUT2D eigenvalue weighted by Gasteiger charge is -2.17. The molecule has 5 heteroatoms. The third kappa shape index (κ3) is 1.56. The topological polar surface area (TPSA) is 52.1 Å². The molecule has 1 aromatic heterocycles.